The van der Waals surface area contributed by atoms with Gasteiger partial charge in [-0.25, -0.2) is 15.0 Å². The van der Waals surface area contributed by atoms with Gasteiger partial charge in [0.25, 0.3) is 0 Å². The van der Waals surface area contributed by atoms with Gasteiger partial charge in [0.2, 0.25) is 0 Å². The molecule has 1 fully saturated rings. The summed E-state index contributed by atoms with van der Waals surface area (Å²) in [5.74, 6) is 0. The number of fused-ring (bicyclic) bond motifs is 1. The number of hydrogen-bond donors (Lipinski definition) is 2. The molecule has 2 aromatic rings. The minimum absolute atomic E-state index is 0.262. The first-order valence-corrected chi connectivity index (χ1v) is 7.79. The van der Waals surface area contributed by atoms with Gasteiger partial charge < -0.3 is 10.7 Å². The molecular weight excluding hydrogens is 258 g/mol. The lowest BCUT2D eigenvalue weighted by Gasteiger charge is -2.25. The van der Waals surface area contributed by atoms with Crippen LogP contribution in [0.25, 0.3) is 11.2 Å². The monoisotopic (exact) mass is 277 g/mol. The van der Waals surface area contributed by atoms with E-state index >= 15 is 0 Å². The number of imidazole rings is 1. The minimum Gasteiger partial charge on any atom is -0.341 e. The summed E-state index contributed by atoms with van der Waals surface area (Å²) in [6.45, 7) is 0. The number of nitrogens with zero attached hydrogens (tertiary/aromatic N) is 3. The maximum absolute atomic E-state index is 6.33. The van der Waals surface area contributed by atoms with Crippen LogP contribution in [0.3, 0.4) is 0 Å². The van der Waals surface area contributed by atoms with Crippen LogP contribution in [0.5, 0.6) is 0 Å². The van der Waals surface area contributed by atoms with Crippen molar-refractivity contribution < 1.29 is 0 Å². The molecule has 1 aliphatic carbocycles. The van der Waals surface area contributed by atoms with Gasteiger partial charge in [0.1, 0.15) is 16.9 Å². The Bertz CT molecular complexity index is 541. The molecule has 0 bridgehead atoms. The molecule has 3 rings (SSSR count). The molecule has 0 saturated heterocycles. The van der Waals surface area contributed by atoms with E-state index in [0.29, 0.717) is 5.25 Å². The van der Waals surface area contributed by atoms with Gasteiger partial charge in [-0.15, -0.1) is 0 Å². The number of H-pyrrole nitrogens is 1. The molecule has 0 radical (unpaired) electrons. The SMILES string of the molecule is NC1CCCCCCC1Sc1ncnc2nc[nH]c12. The maximum Gasteiger partial charge on any atom is 0.181 e. The second-order valence-corrected chi connectivity index (χ2v) is 6.32. The average molecular weight is 277 g/mol. The highest BCUT2D eigenvalue weighted by atomic mass is 32.2. The van der Waals surface area contributed by atoms with Gasteiger partial charge >= 0.3 is 0 Å². The Labute approximate surface area is 116 Å². The fourth-order valence-corrected chi connectivity index (χ4v) is 3.86. The topological polar surface area (TPSA) is 80.5 Å². The van der Waals surface area contributed by atoms with Gasteiger partial charge in [0.05, 0.1) is 6.33 Å². The number of aromatic amines is 1. The van der Waals surface area contributed by atoms with Crippen molar-refractivity contribution in [1.82, 2.24) is 19.9 Å². The summed E-state index contributed by atoms with van der Waals surface area (Å²) in [4.78, 5) is 15.8. The van der Waals surface area contributed by atoms with E-state index in [4.69, 9.17) is 5.73 Å². The Kier molecular flexibility index (Phi) is 3.98. The van der Waals surface area contributed by atoms with E-state index in [2.05, 4.69) is 19.9 Å². The van der Waals surface area contributed by atoms with Crippen LogP contribution >= 0.6 is 11.8 Å². The van der Waals surface area contributed by atoms with Crippen LogP contribution in [0.15, 0.2) is 17.7 Å². The van der Waals surface area contributed by atoms with Crippen molar-refractivity contribution in [1.29, 1.82) is 0 Å². The van der Waals surface area contributed by atoms with Crippen LogP contribution in [-0.2, 0) is 0 Å². The average Bonchev–Trinajstić information content (AvgIpc) is 2.87. The van der Waals surface area contributed by atoms with Crippen molar-refractivity contribution in [2.75, 3.05) is 0 Å². The van der Waals surface area contributed by atoms with E-state index in [0.717, 1.165) is 22.6 Å². The zero-order valence-corrected chi connectivity index (χ0v) is 11.7. The quantitative estimate of drug-likeness (QED) is 0.824. The maximum atomic E-state index is 6.33. The lowest BCUT2D eigenvalue weighted by Crippen LogP contribution is -2.33. The lowest BCUT2D eigenvalue weighted by atomic mass is 9.97. The number of nitrogens with two attached hydrogens (primary N) is 1. The van der Waals surface area contributed by atoms with E-state index in [9.17, 15) is 0 Å². The fraction of sp³-hybridized carbons (Fsp3) is 0.615. The molecular formula is C13H19N5S. The Hall–Kier alpha value is -1.14. The van der Waals surface area contributed by atoms with Crippen molar-refractivity contribution in [3.8, 4) is 0 Å². The van der Waals surface area contributed by atoms with Crippen LogP contribution in [0.2, 0.25) is 0 Å². The summed E-state index contributed by atoms with van der Waals surface area (Å²) < 4.78 is 0. The third kappa shape index (κ3) is 2.90. The van der Waals surface area contributed by atoms with Crippen LogP contribution in [0.4, 0.5) is 0 Å². The second kappa shape index (κ2) is 5.88. The number of rotatable bonds is 2. The largest absolute Gasteiger partial charge is 0.341 e. The number of aromatic nitrogens is 4. The Morgan fingerprint density at radius 1 is 1.11 bits per heavy atom. The summed E-state index contributed by atoms with van der Waals surface area (Å²) in [6.07, 6.45) is 10.7. The van der Waals surface area contributed by atoms with Crippen LogP contribution in [-0.4, -0.2) is 31.2 Å². The first-order valence-electron chi connectivity index (χ1n) is 6.91. The van der Waals surface area contributed by atoms with Crippen molar-refractivity contribution in [3.05, 3.63) is 12.7 Å². The molecule has 0 aromatic carbocycles. The van der Waals surface area contributed by atoms with Crippen LogP contribution in [0, 0.1) is 0 Å². The minimum atomic E-state index is 0.262. The van der Waals surface area contributed by atoms with E-state index in [-0.39, 0.29) is 6.04 Å². The predicted octanol–water partition coefficient (Wildman–Crippen LogP) is 2.50. The van der Waals surface area contributed by atoms with E-state index in [1.165, 1.54) is 32.1 Å². The molecule has 19 heavy (non-hydrogen) atoms. The molecule has 5 nitrogen and oxygen atoms in total. The summed E-state index contributed by atoms with van der Waals surface area (Å²) >= 11 is 1.78. The number of hydrogen-bond acceptors (Lipinski definition) is 5. The molecule has 3 N–H and O–H groups in total. The molecule has 2 unspecified atom stereocenters. The molecule has 0 aliphatic heterocycles. The molecule has 1 saturated carbocycles. The Morgan fingerprint density at radius 3 is 2.84 bits per heavy atom. The standard InChI is InChI=1S/C13H19N5S/c14-9-5-3-1-2-4-6-10(9)19-13-11-12(16-7-15-11)17-8-18-13/h7-10H,1-6,14H2,(H,15,16,17,18). The molecule has 102 valence electrons. The molecule has 2 atom stereocenters. The molecule has 2 heterocycles. The zero-order chi connectivity index (χ0) is 13.1. The normalized spacial score (nSPS) is 25.1. The zero-order valence-electron chi connectivity index (χ0n) is 10.9. The van der Waals surface area contributed by atoms with Gasteiger partial charge in [-0.05, 0) is 12.8 Å². The summed E-state index contributed by atoms with van der Waals surface area (Å²) in [7, 11) is 0. The highest BCUT2D eigenvalue weighted by Gasteiger charge is 2.22. The molecule has 1 aliphatic rings. The van der Waals surface area contributed by atoms with Gasteiger partial charge in [0.15, 0.2) is 5.65 Å². The van der Waals surface area contributed by atoms with Crippen LogP contribution in [0.1, 0.15) is 38.5 Å². The van der Waals surface area contributed by atoms with E-state index < -0.39 is 0 Å². The Balaban J connectivity index is 1.80. The van der Waals surface area contributed by atoms with Gasteiger partial charge in [-0.2, -0.15) is 0 Å². The lowest BCUT2D eigenvalue weighted by molar-refractivity contribution is 0.463. The smallest absolute Gasteiger partial charge is 0.181 e. The van der Waals surface area contributed by atoms with Gasteiger partial charge in [-0.1, -0.05) is 37.4 Å². The molecule has 2 aromatic heterocycles. The van der Waals surface area contributed by atoms with Gasteiger partial charge in [0, 0.05) is 11.3 Å². The van der Waals surface area contributed by atoms with E-state index in [1.807, 2.05) is 0 Å². The number of nitrogens with one attached hydrogen (secondary N) is 1. The van der Waals surface area contributed by atoms with Crippen molar-refractivity contribution in [3.63, 3.8) is 0 Å². The predicted molar refractivity (Wildman–Crippen MR) is 77.0 cm³/mol. The first kappa shape index (κ1) is 12.9. The highest BCUT2D eigenvalue weighted by molar-refractivity contribution is 8.00. The van der Waals surface area contributed by atoms with Crippen molar-refractivity contribution >= 4 is 22.9 Å². The molecule has 0 spiro atoms. The highest BCUT2D eigenvalue weighted by Crippen LogP contribution is 2.32. The van der Waals surface area contributed by atoms with Crippen molar-refractivity contribution in [2.45, 2.75) is 54.8 Å². The summed E-state index contributed by atoms with van der Waals surface area (Å²) in [5.41, 5.74) is 7.99. The number of thioether (sulfide) groups is 1. The summed E-state index contributed by atoms with van der Waals surface area (Å²) in [6, 6.07) is 0.262. The first-order chi connectivity index (χ1) is 9.34. The molecule has 6 heteroatoms. The summed E-state index contributed by atoms with van der Waals surface area (Å²) in [5, 5.41) is 1.42. The van der Waals surface area contributed by atoms with Crippen molar-refractivity contribution in [2.24, 2.45) is 5.73 Å². The molecule has 0 amide bonds. The van der Waals surface area contributed by atoms with E-state index in [1.54, 1.807) is 24.4 Å². The fourth-order valence-electron chi connectivity index (χ4n) is 2.60. The van der Waals surface area contributed by atoms with Crippen LogP contribution < -0.4 is 5.73 Å². The third-order valence-corrected chi connectivity index (χ3v) is 5.13. The second-order valence-electron chi connectivity index (χ2n) is 5.09. The Morgan fingerprint density at radius 2 is 1.95 bits per heavy atom. The third-order valence-electron chi connectivity index (χ3n) is 3.70. The van der Waals surface area contributed by atoms with Gasteiger partial charge in [-0.3, -0.25) is 0 Å².